The van der Waals surface area contributed by atoms with Crippen molar-refractivity contribution in [3.8, 4) is 0 Å². The minimum absolute atomic E-state index is 0.0578. The third-order valence-electron chi connectivity index (χ3n) is 2.87. The summed E-state index contributed by atoms with van der Waals surface area (Å²) in [5, 5.41) is 6.26. The summed E-state index contributed by atoms with van der Waals surface area (Å²) in [6, 6.07) is 13.0. The molecule has 0 aliphatic carbocycles. The first-order valence-corrected chi connectivity index (χ1v) is 6.99. The van der Waals surface area contributed by atoms with Crippen LogP contribution in [0.1, 0.15) is 32.4 Å². The predicted octanol–water partition coefficient (Wildman–Crippen LogP) is 3.15. The Balaban J connectivity index is 2.25. The number of nitrogens with one attached hydrogen (secondary N) is 2. The molecule has 0 aliphatic heterocycles. The summed E-state index contributed by atoms with van der Waals surface area (Å²) >= 11 is 0. The van der Waals surface area contributed by atoms with E-state index < -0.39 is 6.04 Å². The Kier molecular flexibility index (Phi) is 4.58. The lowest BCUT2D eigenvalue weighted by Gasteiger charge is -2.26. The Morgan fingerprint density at radius 1 is 1.10 bits per heavy atom. The van der Waals surface area contributed by atoms with E-state index in [9.17, 15) is 4.79 Å². The van der Waals surface area contributed by atoms with Crippen LogP contribution < -0.4 is 10.6 Å². The Morgan fingerprint density at radius 2 is 1.81 bits per heavy atom. The minimum atomic E-state index is -0.449. The number of carbonyl (C=O) groups is 1. The van der Waals surface area contributed by atoms with Gasteiger partial charge in [-0.15, -0.1) is 0 Å². The Bertz CT molecular complexity index is 576. The van der Waals surface area contributed by atoms with E-state index in [2.05, 4.69) is 15.6 Å². The van der Waals surface area contributed by atoms with E-state index in [-0.39, 0.29) is 11.4 Å². The lowest BCUT2D eigenvalue weighted by molar-refractivity contribution is -0.123. The van der Waals surface area contributed by atoms with Crippen LogP contribution in [0.4, 0.5) is 5.69 Å². The number of anilines is 1. The number of benzene rings is 1. The lowest BCUT2D eigenvalue weighted by atomic mass is 10.0. The van der Waals surface area contributed by atoms with Crippen molar-refractivity contribution in [3.05, 3.63) is 60.4 Å². The fourth-order valence-electron chi connectivity index (χ4n) is 2.00. The normalized spacial score (nSPS) is 12.5. The van der Waals surface area contributed by atoms with E-state index in [1.807, 2.05) is 63.2 Å². The van der Waals surface area contributed by atoms with Gasteiger partial charge in [0.1, 0.15) is 6.04 Å². The molecule has 0 saturated carbocycles. The van der Waals surface area contributed by atoms with Crippen molar-refractivity contribution in [2.75, 3.05) is 5.32 Å². The summed E-state index contributed by atoms with van der Waals surface area (Å²) < 4.78 is 0. The molecule has 2 rings (SSSR count). The summed E-state index contributed by atoms with van der Waals surface area (Å²) in [6.07, 6.45) is 3.41. The second-order valence-corrected chi connectivity index (χ2v) is 5.97. The zero-order valence-electron chi connectivity index (χ0n) is 12.6. The molecular weight excluding hydrogens is 262 g/mol. The van der Waals surface area contributed by atoms with Crippen molar-refractivity contribution < 1.29 is 4.79 Å². The van der Waals surface area contributed by atoms with Gasteiger partial charge in [-0.25, -0.2) is 0 Å². The van der Waals surface area contributed by atoms with Gasteiger partial charge in [0, 0.05) is 17.9 Å². The molecule has 0 saturated heterocycles. The molecule has 2 N–H and O–H groups in total. The third-order valence-corrected chi connectivity index (χ3v) is 2.87. The predicted molar refractivity (Wildman–Crippen MR) is 84.9 cm³/mol. The van der Waals surface area contributed by atoms with Crippen LogP contribution in [-0.2, 0) is 4.79 Å². The molecule has 1 atom stereocenters. The highest BCUT2D eigenvalue weighted by Crippen LogP contribution is 2.20. The zero-order chi connectivity index (χ0) is 15.3. The van der Waals surface area contributed by atoms with Crippen molar-refractivity contribution in [2.24, 2.45) is 0 Å². The first-order valence-electron chi connectivity index (χ1n) is 6.99. The van der Waals surface area contributed by atoms with Gasteiger partial charge >= 0.3 is 0 Å². The molecule has 1 unspecified atom stereocenters. The summed E-state index contributed by atoms with van der Waals surface area (Å²) in [5.74, 6) is -0.0578. The molecule has 0 spiro atoms. The first-order chi connectivity index (χ1) is 9.96. The SMILES string of the molecule is CC(C)(C)NC(=O)C(Nc1cccnc1)c1ccccc1. The quantitative estimate of drug-likeness (QED) is 0.906. The second-order valence-electron chi connectivity index (χ2n) is 5.97. The van der Waals surface area contributed by atoms with Crippen molar-refractivity contribution in [2.45, 2.75) is 32.4 Å². The molecule has 4 nitrogen and oxygen atoms in total. The largest absolute Gasteiger partial charge is 0.369 e. The number of carbonyl (C=O) groups excluding carboxylic acids is 1. The van der Waals surface area contributed by atoms with Crippen LogP contribution in [0.2, 0.25) is 0 Å². The number of aromatic nitrogens is 1. The average molecular weight is 283 g/mol. The minimum Gasteiger partial charge on any atom is -0.369 e. The molecular formula is C17H21N3O. The van der Waals surface area contributed by atoms with Gasteiger partial charge in [-0.2, -0.15) is 0 Å². The van der Waals surface area contributed by atoms with Crippen LogP contribution in [0.5, 0.6) is 0 Å². The molecule has 4 heteroatoms. The van der Waals surface area contributed by atoms with Crippen molar-refractivity contribution in [1.29, 1.82) is 0 Å². The third kappa shape index (κ3) is 4.60. The molecule has 21 heavy (non-hydrogen) atoms. The van der Waals surface area contributed by atoms with Crippen LogP contribution in [0.3, 0.4) is 0 Å². The van der Waals surface area contributed by atoms with Crippen molar-refractivity contribution in [3.63, 3.8) is 0 Å². The van der Waals surface area contributed by atoms with Gasteiger partial charge in [0.05, 0.1) is 5.69 Å². The van der Waals surface area contributed by atoms with Crippen LogP contribution >= 0.6 is 0 Å². The molecule has 0 fully saturated rings. The standard InChI is InChI=1S/C17H21N3O/c1-17(2,3)20-16(21)15(13-8-5-4-6-9-13)19-14-10-7-11-18-12-14/h4-12,15,19H,1-3H3,(H,20,21). The number of hydrogen-bond donors (Lipinski definition) is 2. The number of pyridine rings is 1. The molecule has 2 aromatic rings. The van der Waals surface area contributed by atoms with E-state index in [4.69, 9.17) is 0 Å². The molecule has 1 aromatic carbocycles. The second kappa shape index (κ2) is 6.39. The van der Waals surface area contributed by atoms with Gasteiger partial charge in [0.15, 0.2) is 0 Å². The monoisotopic (exact) mass is 283 g/mol. The number of amides is 1. The Labute approximate surface area is 125 Å². The molecule has 1 amide bonds. The topological polar surface area (TPSA) is 54.0 Å². The van der Waals surface area contributed by atoms with Crippen molar-refractivity contribution >= 4 is 11.6 Å². The van der Waals surface area contributed by atoms with E-state index in [0.29, 0.717) is 0 Å². The Hall–Kier alpha value is -2.36. The molecule has 1 aromatic heterocycles. The smallest absolute Gasteiger partial charge is 0.247 e. The van der Waals surface area contributed by atoms with Crippen LogP contribution in [0.15, 0.2) is 54.9 Å². The lowest BCUT2D eigenvalue weighted by Crippen LogP contribution is -2.44. The first kappa shape index (κ1) is 15.0. The molecule has 0 radical (unpaired) electrons. The van der Waals surface area contributed by atoms with Gasteiger partial charge in [-0.1, -0.05) is 30.3 Å². The van der Waals surface area contributed by atoms with Crippen LogP contribution in [0.25, 0.3) is 0 Å². The highest BCUT2D eigenvalue weighted by atomic mass is 16.2. The molecule has 1 heterocycles. The Morgan fingerprint density at radius 3 is 2.38 bits per heavy atom. The highest BCUT2D eigenvalue weighted by molar-refractivity contribution is 5.86. The van der Waals surface area contributed by atoms with Gasteiger partial charge in [0.2, 0.25) is 5.91 Å². The maximum absolute atomic E-state index is 12.6. The molecule has 0 bridgehead atoms. The van der Waals surface area contributed by atoms with Gasteiger partial charge in [0.25, 0.3) is 0 Å². The summed E-state index contributed by atoms with van der Waals surface area (Å²) in [7, 11) is 0. The number of rotatable bonds is 4. The fourth-order valence-corrected chi connectivity index (χ4v) is 2.00. The van der Waals surface area contributed by atoms with Gasteiger partial charge in [-0.3, -0.25) is 9.78 Å². The van der Waals surface area contributed by atoms with Gasteiger partial charge < -0.3 is 10.6 Å². The summed E-state index contributed by atoms with van der Waals surface area (Å²) in [4.78, 5) is 16.6. The van der Waals surface area contributed by atoms with E-state index >= 15 is 0 Å². The van der Waals surface area contributed by atoms with Crippen LogP contribution in [0, 0.1) is 0 Å². The van der Waals surface area contributed by atoms with E-state index in [1.54, 1.807) is 12.4 Å². The van der Waals surface area contributed by atoms with Crippen molar-refractivity contribution in [1.82, 2.24) is 10.3 Å². The maximum atomic E-state index is 12.6. The zero-order valence-corrected chi connectivity index (χ0v) is 12.6. The van der Waals surface area contributed by atoms with E-state index in [0.717, 1.165) is 11.3 Å². The summed E-state index contributed by atoms with van der Waals surface area (Å²) in [6.45, 7) is 5.91. The number of nitrogens with zero attached hydrogens (tertiary/aromatic N) is 1. The molecule has 0 aliphatic rings. The highest BCUT2D eigenvalue weighted by Gasteiger charge is 2.24. The fraction of sp³-hybridized carbons (Fsp3) is 0.294. The van der Waals surface area contributed by atoms with E-state index in [1.165, 1.54) is 0 Å². The summed E-state index contributed by atoms with van der Waals surface area (Å²) in [5.41, 5.74) is 1.46. The van der Waals surface area contributed by atoms with Crippen LogP contribution in [-0.4, -0.2) is 16.4 Å². The molecule has 110 valence electrons. The maximum Gasteiger partial charge on any atom is 0.247 e. The number of hydrogen-bond acceptors (Lipinski definition) is 3. The average Bonchev–Trinajstić information content (AvgIpc) is 2.45. The van der Waals surface area contributed by atoms with Gasteiger partial charge in [-0.05, 0) is 38.5 Å².